The van der Waals surface area contributed by atoms with Gasteiger partial charge in [-0.25, -0.2) is 0 Å². The highest BCUT2D eigenvalue weighted by molar-refractivity contribution is 7.80. The van der Waals surface area contributed by atoms with E-state index in [1.165, 1.54) is 23.1 Å². The van der Waals surface area contributed by atoms with E-state index in [1.54, 1.807) is 47.2 Å². The number of carbonyl (C=O) groups excluding carboxylic acids is 3. The molecule has 1 saturated heterocycles. The minimum Gasteiger partial charge on any atom is -0.545 e. The number of aryl methyl sites for hydroxylation is 1. The lowest BCUT2D eigenvalue weighted by molar-refractivity contribution is -0.255. The molecular weight excluding hydrogens is 426 g/mol. The van der Waals surface area contributed by atoms with Crippen molar-refractivity contribution < 1.29 is 19.5 Å². The van der Waals surface area contributed by atoms with E-state index >= 15 is 0 Å². The second kappa shape index (κ2) is 8.60. The first-order chi connectivity index (χ1) is 15.4. The zero-order chi connectivity index (χ0) is 22.8. The van der Waals surface area contributed by atoms with Gasteiger partial charge in [0.2, 0.25) is 0 Å². The first kappa shape index (κ1) is 21.2. The van der Waals surface area contributed by atoms with Gasteiger partial charge in [0, 0.05) is 17.6 Å². The summed E-state index contributed by atoms with van der Waals surface area (Å²) in [5.74, 6) is -2.43. The number of amides is 2. The fraction of sp³-hybridized carbons (Fsp3) is 0.0833. The van der Waals surface area contributed by atoms with Gasteiger partial charge in [0.1, 0.15) is 5.57 Å². The first-order valence-electron chi connectivity index (χ1n) is 9.88. The molecule has 0 spiro atoms. The number of rotatable bonds is 5. The average molecular weight is 444 g/mol. The second-order valence-electron chi connectivity index (χ2n) is 7.12. The molecule has 0 aliphatic carbocycles. The number of aromatic carboxylic acids is 1. The normalized spacial score (nSPS) is 15.2. The molecule has 1 aromatic heterocycles. The molecule has 0 saturated carbocycles. The summed E-state index contributed by atoms with van der Waals surface area (Å²) in [4.78, 5) is 38.3. The third-order valence-electron chi connectivity index (χ3n) is 5.14. The molecule has 1 aliphatic rings. The molecule has 2 aromatic carbocycles. The van der Waals surface area contributed by atoms with E-state index in [4.69, 9.17) is 12.2 Å². The summed E-state index contributed by atoms with van der Waals surface area (Å²) in [7, 11) is 0. The Morgan fingerprint density at radius 3 is 2.50 bits per heavy atom. The van der Waals surface area contributed by atoms with Crippen LogP contribution in [0.5, 0.6) is 0 Å². The molecule has 4 rings (SSSR count). The lowest BCUT2D eigenvalue weighted by Gasteiger charge is -2.29. The molecule has 8 heteroatoms. The van der Waals surface area contributed by atoms with Gasteiger partial charge >= 0.3 is 0 Å². The van der Waals surface area contributed by atoms with Crippen LogP contribution in [0.25, 0.3) is 11.8 Å². The highest BCUT2D eigenvalue weighted by atomic mass is 32.1. The predicted molar refractivity (Wildman–Crippen MR) is 122 cm³/mol. The van der Waals surface area contributed by atoms with Crippen LogP contribution >= 0.6 is 12.2 Å². The molecule has 3 aromatic rings. The number of nitrogens with one attached hydrogen (secondary N) is 1. The van der Waals surface area contributed by atoms with Crippen LogP contribution in [0.2, 0.25) is 0 Å². The summed E-state index contributed by atoms with van der Waals surface area (Å²) >= 11 is 5.25. The number of aromatic nitrogens is 1. The van der Waals surface area contributed by atoms with Gasteiger partial charge in [-0.3, -0.25) is 19.8 Å². The van der Waals surface area contributed by atoms with Crippen molar-refractivity contribution in [3.8, 4) is 5.69 Å². The smallest absolute Gasteiger partial charge is 0.270 e. The topological polar surface area (TPSA) is 94.5 Å². The molecule has 160 valence electrons. The Morgan fingerprint density at radius 1 is 1.06 bits per heavy atom. The highest BCUT2D eigenvalue weighted by Gasteiger charge is 2.34. The van der Waals surface area contributed by atoms with Crippen LogP contribution in [0, 0.1) is 0 Å². The van der Waals surface area contributed by atoms with Crippen LogP contribution < -0.4 is 15.3 Å². The molecule has 7 nitrogen and oxygen atoms in total. The molecule has 0 unspecified atom stereocenters. The second-order valence-corrected chi connectivity index (χ2v) is 7.51. The maximum atomic E-state index is 13.2. The summed E-state index contributed by atoms with van der Waals surface area (Å²) in [5.41, 5.74) is 2.67. The third-order valence-corrected chi connectivity index (χ3v) is 5.42. The highest BCUT2D eigenvalue weighted by Crippen LogP contribution is 2.24. The molecule has 32 heavy (non-hydrogen) atoms. The number of hydrogen-bond donors (Lipinski definition) is 1. The SMILES string of the molecule is CCc1ccc(N2C(=O)/C(=C/c3cccn3-c3cccc(C(=O)[O-])c3)C(=O)NC2=S)cc1. The van der Waals surface area contributed by atoms with Crippen molar-refractivity contribution >= 4 is 46.9 Å². The van der Waals surface area contributed by atoms with E-state index in [-0.39, 0.29) is 16.2 Å². The van der Waals surface area contributed by atoms with Crippen LogP contribution in [0.1, 0.15) is 28.5 Å². The van der Waals surface area contributed by atoms with Gasteiger partial charge in [-0.15, -0.1) is 0 Å². The molecule has 1 fully saturated rings. The van der Waals surface area contributed by atoms with Gasteiger partial charge < -0.3 is 14.5 Å². The van der Waals surface area contributed by atoms with Crippen molar-refractivity contribution in [2.24, 2.45) is 0 Å². The van der Waals surface area contributed by atoms with Gasteiger partial charge in [0.15, 0.2) is 5.11 Å². The summed E-state index contributed by atoms with van der Waals surface area (Å²) < 4.78 is 1.67. The van der Waals surface area contributed by atoms with Crippen molar-refractivity contribution in [1.82, 2.24) is 9.88 Å². The van der Waals surface area contributed by atoms with Gasteiger partial charge in [-0.05, 0) is 72.2 Å². The van der Waals surface area contributed by atoms with Crippen LogP contribution in [0.3, 0.4) is 0 Å². The summed E-state index contributed by atoms with van der Waals surface area (Å²) in [6.45, 7) is 2.03. The van der Waals surface area contributed by atoms with Crippen LogP contribution in [0.15, 0.2) is 72.4 Å². The summed E-state index contributed by atoms with van der Waals surface area (Å²) in [6.07, 6.45) is 4.02. The van der Waals surface area contributed by atoms with Gasteiger partial charge in [0.25, 0.3) is 11.8 Å². The van der Waals surface area contributed by atoms with E-state index in [2.05, 4.69) is 5.32 Å². The van der Waals surface area contributed by atoms with E-state index in [9.17, 15) is 19.5 Å². The van der Waals surface area contributed by atoms with E-state index < -0.39 is 17.8 Å². The van der Waals surface area contributed by atoms with E-state index in [0.717, 1.165) is 12.0 Å². The third kappa shape index (κ3) is 3.95. The Morgan fingerprint density at radius 2 is 1.81 bits per heavy atom. The fourth-order valence-electron chi connectivity index (χ4n) is 3.45. The zero-order valence-corrected chi connectivity index (χ0v) is 17.9. The zero-order valence-electron chi connectivity index (χ0n) is 17.1. The minimum atomic E-state index is -1.29. The van der Waals surface area contributed by atoms with E-state index in [1.807, 2.05) is 19.1 Å². The Balaban J connectivity index is 1.72. The minimum absolute atomic E-state index is 0.0124. The van der Waals surface area contributed by atoms with Crippen molar-refractivity contribution in [2.75, 3.05) is 4.90 Å². The molecule has 0 radical (unpaired) electrons. The maximum Gasteiger partial charge on any atom is 0.270 e. The molecule has 1 N–H and O–H groups in total. The van der Waals surface area contributed by atoms with Crippen LogP contribution in [-0.2, 0) is 16.0 Å². The molecule has 1 aliphatic heterocycles. The van der Waals surface area contributed by atoms with Crippen molar-refractivity contribution in [3.05, 3.63) is 89.3 Å². The molecular formula is C24H18N3O4S-. The average Bonchev–Trinajstić information content (AvgIpc) is 3.25. The number of carboxylic acids is 1. The Hall–Kier alpha value is -4.04. The lowest BCUT2D eigenvalue weighted by atomic mass is 10.1. The predicted octanol–water partition coefficient (Wildman–Crippen LogP) is 2.23. The summed E-state index contributed by atoms with van der Waals surface area (Å²) in [5, 5.41) is 13.8. The fourth-order valence-corrected chi connectivity index (χ4v) is 3.73. The first-order valence-corrected chi connectivity index (χ1v) is 10.3. The van der Waals surface area contributed by atoms with Crippen LogP contribution in [0.4, 0.5) is 5.69 Å². The number of nitrogens with zero attached hydrogens (tertiary/aromatic N) is 2. The molecule has 2 amide bonds. The Bertz CT molecular complexity index is 1270. The van der Waals surface area contributed by atoms with Gasteiger partial charge in [-0.1, -0.05) is 31.2 Å². The van der Waals surface area contributed by atoms with Crippen molar-refractivity contribution in [1.29, 1.82) is 0 Å². The molecule has 0 atom stereocenters. The summed E-state index contributed by atoms with van der Waals surface area (Å²) in [6, 6.07) is 17.0. The number of benzene rings is 2. The van der Waals surface area contributed by atoms with Crippen molar-refractivity contribution in [2.45, 2.75) is 13.3 Å². The Kier molecular flexibility index (Phi) is 5.70. The Labute approximate surface area is 189 Å². The lowest BCUT2D eigenvalue weighted by Crippen LogP contribution is -2.54. The quantitative estimate of drug-likeness (QED) is 0.370. The van der Waals surface area contributed by atoms with Crippen molar-refractivity contribution in [3.63, 3.8) is 0 Å². The number of anilines is 1. The molecule has 0 bridgehead atoms. The maximum absolute atomic E-state index is 13.2. The standard InChI is InChI=1S/C24H19N3O4S/c1-2-15-8-10-17(11-9-15)27-22(29)20(21(28)25-24(27)32)14-19-7-4-12-26(19)18-6-3-5-16(13-18)23(30)31/h3-14H,2H2,1H3,(H,30,31)(H,25,28,32)/p-1/b20-14+. The molecule has 2 heterocycles. The van der Waals surface area contributed by atoms with Crippen LogP contribution in [-0.4, -0.2) is 27.5 Å². The number of thiocarbonyl (C=S) groups is 1. The van der Waals surface area contributed by atoms with Gasteiger partial charge in [0.05, 0.1) is 11.7 Å². The monoisotopic (exact) mass is 444 g/mol. The largest absolute Gasteiger partial charge is 0.545 e. The number of carboxylic acid groups (broad SMARTS) is 1. The number of hydrogen-bond acceptors (Lipinski definition) is 5. The number of carbonyl (C=O) groups is 3. The van der Waals surface area contributed by atoms with Gasteiger partial charge in [-0.2, -0.15) is 0 Å². The van der Waals surface area contributed by atoms with E-state index in [0.29, 0.717) is 17.1 Å².